The molecule has 0 saturated carbocycles. The third-order valence-electron chi connectivity index (χ3n) is 6.90. The average molecular weight is 622 g/mol. The van der Waals surface area contributed by atoms with Crippen molar-refractivity contribution >= 4 is 39.1 Å². The normalized spacial score (nSPS) is 11.9. The molecule has 224 valence electrons. The summed E-state index contributed by atoms with van der Waals surface area (Å²) in [6.45, 7) is 3.17. The summed E-state index contributed by atoms with van der Waals surface area (Å²) in [6.07, 6.45) is 0.177. The smallest absolute Gasteiger partial charge is 0.264 e. The highest BCUT2D eigenvalue weighted by Gasteiger charge is 2.35. The molecule has 4 aromatic rings. The molecule has 0 aromatic heterocycles. The Bertz CT molecular complexity index is 1650. The Labute approximate surface area is 257 Å². The molecule has 10 heteroatoms. The molecule has 4 rings (SSSR count). The predicted molar refractivity (Wildman–Crippen MR) is 167 cm³/mol. The summed E-state index contributed by atoms with van der Waals surface area (Å²) in [5.74, 6) is -1.88. The fourth-order valence-corrected chi connectivity index (χ4v) is 6.19. The molecule has 0 spiro atoms. The monoisotopic (exact) mass is 621 g/mol. The molecule has 0 aliphatic carbocycles. The van der Waals surface area contributed by atoms with E-state index in [1.54, 1.807) is 43.3 Å². The highest BCUT2D eigenvalue weighted by atomic mass is 35.5. The first-order chi connectivity index (χ1) is 20.6. The first-order valence-corrected chi connectivity index (χ1v) is 15.6. The average Bonchev–Trinajstić information content (AvgIpc) is 3.00. The maximum absolute atomic E-state index is 15.2. The van der Waals surface area contributed by atoms with Gasteiger partial charge in [0.05, 0.1) is 10.6 Å². The second-order valence-electron chi connectivity index (χ2n) is 10.0. The van der Waals surface area contributed by atoms with E-state index in [0.717, 1.165) is 21.5 Å². The first kappa shape index (κ1) is 31.7. The number of para-hydroxylation sites is 1. The van der Waals surface area contributed by atoms with E-state index in [1.807, 2.05) is 37.3 Å². The molecule has 1 unspecified atom stereocenters. The van der Waals surface area contributed by atoms with Crippen LogP contribution in [0.15, 0.2) is 108 Å². The van der Waals surface area contributed by atoms with E-state index in [2.05, 4.69) is 5.32 Å². The van der Waals surface area contributed by atoms with Crippen molar-refractivity contribution in [1.29, 1.82) is 0 Å². The van der Waals surface area contributed by atoms with Gasteiger partial charge in [-0.05, 0) is 61.4 Å². The third-order valence-corrected chi connectivity index (χ3v) is 8.92. The van der Waals surface area contributed by atoms with Gasteiger partial charge in [0, 0.05) is 24.5 Å². The second kappa shape index (κ2) is 14.3. The zero-order valence-corrected chi connectivity index (χ0v) is 25.5. The number of hydrogen-bond donors (Lipinski definition) is 1. The van der Waals surface area contributed by atoms with E-state index in [4.69, 9.17) is 11.6 Å². The Morgan fingerprint density at radius 3 is 2.12 bits per heavy atom. The van der Waals surface area contributed by atoms with Crippen LogP contribution < -0.4 is 9.62 Å². The van der Waals surface area contributed by atoms with E-state index in [1.165, 1.54) is 35.2 Å². The zero-order chi connectivity index (χ0) is 31.0. The maximum atomic E-state index is 15.2. The van der Waals surface area contributed by atoms with Crippen molar-refractivity contribution in [1.82, 2.24) is 10.2 Å². The summed E-state index contributed by atoms with van der Waals surface area (Å²) in [7, 11) is -4.39. The van der Waals surface area contributed by atoms with Crippen molar-refractivity contribution in [3.63, 3.8) is 0 Å². The van der Waals surface area contributed by atoms with Gasteiger partial charge in [-0.15, -0.1) is 0 Å². The van der Waals surface area contributed by atoms with E-state index in [0.29, 0.717) is 17.1 Å². The van der Waals surface area contributed by atoms with Crippen molar-refractivity contribution in [3.8, 4) is 0 Å². The van der Waals surface area contributed by atoms with Crippen LogP contribution in [-0.4, -0.2) is 44.3 Å². The number of halogens is 2. The Kier molecular flexibility index (Phi) is 10.6. The highest BCUT2D eigenvalue weighted by molar-refractivity contribution is 7.92. The summed E-state index contributed by atoms with van der Waals surface area (Å²) >= 11 is 6.09. The third kappa shape index (κ3) is 8.00. The summed E-state index contributed by atoms with van der Waals surface area (Å²) < 4.78 is 43.8. The number of amides is 2. The number of hydrogen-bond acceptors (Lipinski definition) is 4. The van der Waals surface area contributed by atoms with E-state index in [-0.39, 0.29) is 23.5 Å². The Morgan fingerprint density at radius 1 is 0.860 bits per heavy atom. The van der Waals surface area contributed by atoms with Crippen molar-refractivity contribution < 1.29 is 22.4 Å². The number of nitrogens with one attached hydrogen (secondary N) is 1. The number of anilines is 1. The Morgan fingerprint density at radius 2 is 1.49 bits per heavy atom. The summed E-state index contributed by atoms with van der Waals surface area (Å²) in [5.41, 5.74) is 2.05. The molecule has 0 aliphatic rings. The van der Waals surface area contributed by atoms with E-state index in [9.17, 15) is 18.0 Å². The van der Waals surface area contributed by atoms with Crippen LogP contribution in [0.3, 0.4) is 0 Å². The van der Waals surface area contributed by atoms with E-state index >= 15 is 4.39 Å². The standard InChI is InChI=1S/C33H33ClFN3O4S/c1-3-36-33(40)31(21-25-9-5-4-6-10-25)37(22-26-15-17-27(34)18-16-26)32(39)23-38(30-12-8-7-11-29(30)35)43(41,42)28-19-13-24(2)14-20-28/h4-20,31H,3,21-23H2,1-2H3,(H,36,40). The molecule has 0 saturated heterocycles. The Balaban J connectivity index is 1.80. The molecule has 0 aliphatic heterocycles. The van der Waals surface area contributed by atoms with Crippen LogP contribution in [-0.2, 0) is 32.6 Å². The number of rotatable bonds is 12. The lowest BCUT2D eigenvalue weighted by atomic mass is 10.0. The minimum atomic E-state index is -4.39. The van der Waals surface area contributed by atoms with Crippen LogP contribution in [0.4, 0.5) is 10.1 Å². The summed E-state index contributed by atoms with van der Waals surface area (Å²) in [6, 6.07) is 26.5. The van der Waals surface area contributed by atoms with Crippen LogP contribution in [0, 0.1) is 12.7 Å². The fraction of sp³-hybridized carbons (Fsp3) is 0.212. The molecular weight excluding hydrogens is 589 g/mol. The number of carbonyl (C=O) groups is 2. The lowest BCUT2D eigenvalue weighted by Gasteiger charge is -2.34. The number of carbonyl (C=O) groups excluding carboxylic acids is 2. The molecule has 0 radical (unpaired) electrons. The largest absolute Gasteiger partial charge is 0.355 e. The second-order valence-corrected chi connectivity index (χ2v) is 12.3. The van der Waals surface area contributed by atoms with Crippen LogP contribution >= 0.6 is 11.6 Å². The quantitative estimate of drug-likeness (QED) is 0.218. The highest BCUT2D eigenvalue weighted by Crippen LogP contribution is 2.27. The van der Waals surface area contributed by atoms with Crippen LogP contribution in [0.5, 0.6) is 0 Å². The summed E-state index contributed by atoms with van der Waals surface area (Å²) in [5, 5.41) is 3.31. The molecule has 7 nitrogen and oxygen atoms in total. The number of nitrogens with zero attached hydrogens (tertiary/aromatic N) is 2. The van der Waals surface area contributed by atoms with E-state index < -0.39 is 40.2 Å². The van der Waals surface area contributed by atoms with Gasteiger partial charge in [-0.3, -0.25) is 13.9 Å². The maximum Gasteiger partial charge on any atom is 0.264 e. The van der Waals surface area contributed by atoms with Gasteiger partial charge in [0.1, 0.15) is 18.4 Å². The molecule has 0 bridgehead atoms. The van der Waals surface area contributed by atoms with Gasteiger partial charge < -0.3 is 10.2 Å². The van der Waals surface area contributed by atoms with Crippen LogP contribution in [0.2, 0.25) is 5.02 Å². The fourth-order valence-electron chi connectivity index (χ4n) is 4.64. The van der Waals surface area contributed by atoms with Gasteiger partial charge in [-0.25, -0.2) is 12.8 Å². The van der Waals surface area contributed by atoms with Crippen LogP contribution in [0.1, 0.15) is 23.6 Å². The topological polar surface area (TPSA) is 86.8 Å². The molecule has 0 fully saturated rings. The van der Waals surface area contributed by atoms with Gasteiger partial charge in [0.25, 0.3) is 10.0 Å². The number of aryl methyl sites for hydroxylation is 1. The van der Waals surface area contributed by atoms with Crippen molar-refractivity contribution in [2.75, 3.05) is 17.4 Å². The van der Waals surface area contributed by atoms with Gasteiger partial charge in [0.15, 0.2) is 0 Å². The van der Waals surface area contributed by atoms with Crippen molar-refractivity contribution in [2.24, 2.45) is 0 Å². The molecular formula is C33H33ClFN3O4S. The SMILES string of the molecule is CCNC(=O)C(Cc1ccccc1)N(Cc1ccc(Cl)cc1)C(=O)CN(c1ccccc1F)S(=O)(=O)c1ccc(C)cc1. The lowest BCUT2D eigenvalue weighted by Crippen LogP contribution is -2.53. The first-order valence-electron chi connectivity index (χ1n) is 13.8. The minimum absolute atomic E-state index is 0.0136. The van der Waals surface area contributed by atoms with Crippen molar-refractivity contribution in [2.45, 2.75) is 37.8 Å². The van der Waals surface area contributed by atoms with Gasteiger partial charge in [-0.1, -0.05) is 83.9 Å². The molecule has 2 amide bonds. The lowest BCUT2D eigenvalue weighted by molar-refractivity contribution is -0.140. The number of benzene rings is 4. The molecule has 4 aromatic carbocycles. The molecule has 1 atom stereocenters. The zero-order valence-electron chi connectivity index (χ0n) is 23.9. The molecule has 43 heavy (non-hydrogen) atoms. The number of likely N-dealkylation sites (N-methyl/N-ethyl adjacent to an activating group) is 1. The van der Waals surface area contributed by atoms with Gasteiger partial charge in [0.2, 0.25) is 11.8 Å². The summed E-state index contributed by atoms with van der Waals surface area (Å²) in [4.78, 5) is 29.0. The van der Waals surface area contributed by atoms with Gasteiger partial charge >= 0.3 is 0 Å². The van der Waals surface area contributed by atoms with Gasteiger partial charge in [-0.2, -0.15) is 0 Å². The van der Waals surface area contributed by atoms with Crippen molar-refractivity contribution in [3.05, 3.63) is 131 Å². The Hall–Kier alpha value is -4.21. The molecule has 1 N–H and O–H groups in total. The minimum Gasteiger partial charge on any atom is -0.355 e. The van der Waals surface area contributed by atoms with Crippen LogP contribution in [0.25, 0.3) is 0 Å². The predicted octanol–water partition coefficient (Wildman–Crippen LogP) is 5.76. The number of sulfonamides is 1. The molecule has 0 heterocycles.